The summed E-state index contributed by atoms with van der Waals surface area (Å²) in [6.07, 6.45) is -11.9. The van der Waals surface area contributed by atoms with Gasteiger partial charge in [0.15, 0.2) is 0 Å². The van der Waals surface area contributed by atoms with E-state index in [1.807, 2.05) is 0 Å². The standard InChI is InChI=1S/C18H10F17IO4/c19-11(20,4-1-5-39-7-2-3-9-8(6-7)10(37)40-36(9)38)12(21,22)13(23,24)14(25,26)15(27,28)16(29,30)17(31,32)18(33,34)35/h2-3,6,38H,1,4-5H2. The molecule has 0 atom stereocenters. The molecular formula is C18H10F17IO4. The molecule has 0 bridgehead atoms. The molecule has 1 aliphatic rings. The third-order valence-electron chi connectivity index (χ3n) is 5.17. The Morgan fingerprint density at radius 3 is 1.62 bits per heavy atom. The Morgan fingerprint density at radius 1 is 0.700 bits per heavy atom. The fourth-order valence-electron chi connectivity index (χ4n) is 2.88. The summed E-state index contributed by atoms with van der Waals surface area (Å²) in [4.78, 5) is 11.5. The number of fused-ring (bicyclic) bond motifs is 1. The molecule has 40 heavy (non-hydrogen) atoms. The normalized spacial score (nSPS) is 17.1. The van der Waals surface area contributed by atoms with Crippen LogP contribution in [0.25, 0.3) is 0 Å². The zero-order valence-electron chi connectivity index (χ0n) is 18.3. The van der Waals surface area contributed by atoms with E-state index in [0.29, 0.717) is 0 Å². The number of halogens is 18. The molecule has 22 heteroatoms. The molecule has 0 aromatic heterocycles. The van der Waals surface area contributed by atoms with Crippen LogP contribution < -0.4 is 4.74 Å². The molecule has 0 saturated carbocycles. The monoisotopic (exact) mass is 740 g/mol. The fraction of sp³-hybridized carbons (Fsp3) is 0.611. The van der Waals surface area contributed by atoms with Gasteiger partial charge in [-0.1, -0.05) is 0 Å². The number of carbonyl (C=O) groups is 1. The summed E-state index contributed by atoms with van der Waals surface area (Å²) in [7, 11) is 0. The second-order valence-electron chi connectivity index (χ2n) is 7.84. The van der Waals surface area contributed by atoms with Crippen LogP contribution in [0.4, 0.5) is 74.6 Å². The van der Waals surface area contributed by atoms with Gasteiger partial charge in [-0.2, -0.15) is 48.3 Å². The van der Waals surface area contributed by atoms with E-state index in [1.165, 1.54) is 0 Å². The molecule has 232 valence electrons. The maximum absolute atomic E-state index is 13.9. The number of alkyl halides is 17. The van der Waals surface area contributed by atoms with E-state index in [9.17, 15) is 82.9 Å². The van der Waals surface area contributed by atoms with E-state index in [4.69, 9.17) is 4.74 Å². The van der Waals surface area contributed by atoms with Gasteiger partial charge in [-0.05, 0) is 0 Å². The van der Waals surface area contributed by atoms with E-state index in [-0.39, 0.29) is 14.9 Å². The first-order valence-electron chi connectivity index (χ1n) is 9.72. The SMILES string of the molecule is O=C1OI(O)c2ccc(OCCCC(F)(F)C(F)(F)C(F)(F)C(F)(F)C(F)(F)C(F)(F)C(F)(F)C(F)(F)F)cc21. The van der Waals surface area contributed by atoms with Gasteiger partial charge in [0.2, 0.25) is 0 Å². The molecular weight excluding hydrogens is 730 g/mol. The van der Waals surface area contributed by atoms with Crippen LogP contribution in [0, 0.1) is 3.57 Å². The number of hydrogen-bond donors (Lipinski definition) is 1. The van der Waals surface area contributed by atoms with E-state index >= 15 is 0 Å². The van der Waals surface area contributed by atoms with Crippen molar-refractivity contribution < 1.29 is 90.7 Å². The average Bonchev–Trinajstić information content (AvgIpc) is 3.08. The van der Waals surface area contributed by atoms with Crippen molar-refractivity contribution in [1.82, 2.24) is 0 Å². The molecule has 0 aliphatic carbocycles. The first-order chi connectivity index (χ1) is 17.6. The van der Waals surface area contributed by atoms with Gasteiger partial charge < -0.3 is 0 Å². The van der Waals surface area contributed by atoms with E-state index in [1.54, 1.807) is 0 Å². The van der Waals surface area contributed by atoms with Crippen molar-refractivity contribution >= 4 is 26.6 Å². The van der Waals surface area contributed by atoms with Crippen LogP contribution in [-0.2, 0) is 3.07 Å². The molecule has 0 spiro atoms. The molecule has 0 unspecified atom stereocenters. The summed E-state index contributed by atoms with van der Waals surface area (Å²) < 4.78 is 244. The number of rotatable bonds is 11. The number of ether oxygens (including phenoxy) is 1. The van der Waals surface area contributed by atoms with Crippen molar-refractivity contribution in [3.05, 3.63) is 27.3 Å². The van der Waals surface area contributed by atoms with Crippen LogP contribution in [-0.4, -0.2) is 63.6 Å². The molecule has 1 aliphatic heterocycles. The number of carbonyl (C=O) groups excluding carboxylic acids is 1. The van der Waals surface area contributed by atoms with Gasteiger partial charge in [-0.3, -0.25) is 0 Å². The summed E-state index contributed by atoms with van der Waals surface area (Å²) in [5, 5.41) is 0. The van der Waals surface area contributed by atoms with Crippen LogP contribution in [0.1, 0.15) is 23.2 Å². The van der Waals surface area contributed by atoms with Crippen molar-refractivity contribution in [3.63, 3.8) is 0 Å². The van der Waals surface area contributed by atoms with Crippen molar-refractivity contribution in [2.45, 2.75) is 60.5 Å². The Balaban J connectivity index is 2.24. The Hall–Kier alpha value is -2.01. The van der Waals surface area contributed by atoms with Gasteiger partial charge >= 0.3 is 169 Å². The Kier molecular flexibility index (Phi) is 8.60. The van der Waals surface area contributed by atoms with Crippen molar-refractivity contribution in [3.8, 4) is 5.75 Å². The van der Waals surface area contributed by atoms with Gasteiger partial charge in [0.25, 0.3) is 0 Å². The first kappa shape index (κ1) is 34.2. The summed E-state index contributed by atoms with van der Waals surface area (Å²) in [5.74, 6) is -58.0. The molecule has 4 nitrogen and oxygen atoms in total. The van der Waals surface area contributed by atoms with Gasteiger partial charge in [0.1, 0.15) is 0 Å². The molecule has 1 aromatic rings. The third-order valence-corrected chi connectivity index (χ3v) is 7.92. The zero-order valence-corrected chi connectivity index (χ0v) is 20.5. The van der Waals surface area contributed by atoms with Gasteiger partial charge in [-0.15, -0.1) is 0 Å². The topological polar surface area (TPSA) is 55.8 Å². The average molecular weight is 740 g/mol. The van der Waals surface area contributed by atoms with E-state index in [0.717, 1.165) is 18.2 Å². The van der Waals surface area contributed by atoms with Crippen molar-refractivity contribution in [1.29, 1.82) is 0 Å². The van der Waals surface area contributed by atoms with Crippen LogP contribution in [0.5, 0.6) is 5.75 Å². The second kappa shape index (κ2) is 10.1. The van der Waals surface area contributed by atoms with Crippen molar-refractivity contribution in [2.24, 2.45) is 0 Å². The molecule has 1 aromatic carbocycles. The predicted molar refractivity (Wildman–Crippen MR) is 102 cm³/mol. The molecule has 1 heterocycles. The van der Waals surface area contributed by atoms with Gasteiger partial charge in [0, 0.05) is 0 Å². The molecule has 0 saturated heterocycles. The molecule has 0 fully saturated rings. The Morgan fingerprint density at radius 2 is 1.15 bits per heavy atom. The molecule has 0 radical (unpaired) electrons. The second-order valence-corrected chi connectivity index (χ2v) is 10.8. The predicted octanol–water partition coefficient (Wildman–Crippen LogP) is 7.52. The van der Waals surface area contributed by atoms with Crippen LogP contribution in [0.2, 0.25) is 0 Å². The quantitative estimate of drug-likeness (QED) is 0.145. The first-order valence-corrected chi connectivity index (χ1v) is 12.6. The number of hydrogen-bond acceptors (Lipinski definition) is 4. The zero-order chi connectivity index (χ0) is 31.5. The Bertz CT molecular complexity index is 1120. The molecule has 2 rings (SSSR count). The van der Waals surface area contributed by atoms with Gasteiger partial charge in [0.05, 0.1) is 0 Å². The fourth-order valence-corrected chi connectivity index (χ4v) is 5.09. The summed E-state index contributed by atoms with van der Waals surface area (Å²) in [6, 6.07) is 2.93. The third kappa shape index (κ3) is 4.99. The van der Waals surface area contributed by atoms with Crippen LogP contribution in [0.3, 0.4) is 0 Å². The van der Waals surface area contributed by atoms with Gasteiger partial charge in [-0.25, -0.2) is 0 Å². The number of benzene rings is 1. The van der Waals surface area contributed by atoms with Crippen LogP contribution in [0.15, 0.2) is 18.2 Å². The summed E-state index contributed by atoms with van der Waals surface area (Å²) >= 11 is -3.27. The minimum atomic E-state index is -8.67. The Labute approximate surface area is 217 Å². The maximum atomic E-state index is 13.9. The summed E-state index contributed by atoms with van der Waals surface area (Å²) in [6.45, 7) is -1.16. The summed E-state index contributed by atoms with van der Waals surface area (Å²) in [5.41, 5.74) is -0.252. The van der Waals surface area contributed by atoms with Crippen LogP contribution >= 0.6 is 20.6 Å². The molecule has 0 amide bonds. The van der Waals surface area contributed by atoms with E-state index < -0.39 is 93.7 Å². The van der Waals surface area contributed by atoms with E-state index in [2.05, 4.69) is 3.07 Å². The minimum absolute atomic E-state index is 0.0614. The molecule has 1 N–H and O–H groups in total. The van der Waals surface area contributed by atoms with Crippen molar-refractivity contribution in [2.75, 3.05) is 6.61 Å².